The highest BCUT2D eigenvalue weighted by Crippen LogP contribution is 2.20. The van der Waals surface area contributed by atoms with Crippen LogP contribution in [0.25, 0.3) is 5.65 Å². The number of rotatable bonds is 3. The van der Waals surface area contributed by atoms with Gasteiger partial charge in [-0.3, -0.25) is 4.40 Å². The van der Waals surface area contributed by atoms with Crippen molar-refractivity contribution >= 4 is 23.2 Å². The number of aromatic carboxylic acids is 1. The van der Waals surface area contributed by atoms with Crippen molar-refractivity contribution < 1.29 is 14.3 Å². The molecule has 2 aromatic heterocycles. The molecule has 106 valence electrons. The molecule has 3 rings (SSSR count). The lowest BCUT2D eigenvalue weighted by Crippen LogP contribution is -2.03. The predicted octanol–water partition coefficient (Wildman–Crippen LogP) is 2.81. The lowest BCUT2D eigenvalue weighted by molar-refractivity contribution is 0.0696. The Morgan fingerprint density at radius 3 is 2.81 bits per heavy atom. The Hall–Kier alpha value is -2.47. The third kappa shape index (κ3) is 2.45. The van der Waals surface area contributed by atoms with Crippen molar-refractivity contribution in [1.29, 1.82) is 0 Å². The molecule has 0 atom stereocenters. The summed E-state index contributed by atoms with van der Waals surface area (Å²) in [6.07, 6.45) is 1.56. The van der Waals surface area contributed by atoms with Gasteiger partial charge >= 0.3 is 5.97 Å². The van der Waals surface area contributed by atoms with Gasteiger partial charge in [0, 0.05) is 12.6 Å². The molecule has 2 heterocycles. The molecule has 0 spiro atoms. The summed E-state index contributed by atoms with van der Waals surface area (Å²) in [6, 6.07) is 7.62. The maximum Gasteiger partial charge on any atom is 0.337 e. The van der Waals surface area contributed by atoms with Crippen molar-refractivity contribution in [3.05, 3.63) is 64.3 Å². The topological polar surface area (TPSA) is 67.5 Å². The quantitative estimate of drug-likeness (QED) is 0.808. The van der Waals surface area contributed by atoms with Gasteiger partial charge in [0.25, 0.3) is 0 Å². The van der Waals surface area contributed by atoms with E-state index in [9.17, 15) is 9.18 Å². The van der Waals surface area contributed by atoms with Crippen molar-refractivity contribution in [3.8, 4) is 0 Å². The fourth-order valence-corrected chi connectivity index (χ4v) is 2.30. The van der Waals surface area contributed by atoms with Crippen molar-refractivity contribution in [2.75, 3.05) is 0 Å². The summed E-state index contributed by atoms with van der Waals surface area (Å²) in [6.45, 7) is 0. The van der Waals surface area contributed by atoms with E-state index in [1.807, 2.05) is 0 Å². The third-order valence-corrected chi connectivity index (χ3v) is 3.36. The van der Waals surface area contributed by atoms with Gasteiger partial charge in [0.1, 0.15) is 11.6 Å². The number of carbonyl (C=O) groups is 1. The zero-order valence-electron chi connectivity index (χ0n) is 10.6. The van der Waals surface area contributed by atoms with E-state index in [4.69, 9.17) is 16.7 Å². The Bertz CT molecular complexity index is 847. The van der Waals surface area contributed by atoms with Crippen molar-refractivity contribution in [2.24, 2.45) is 0 Å². The van der Waals surface area contributed by atoms with Crippen molar-refractivity contribution in [3.63, 3.8) is 0 Å². The predicted molar refractivity (Wildman–Crippen MR) is 74.2 cm³/mol. The van der Waals surface area contributed by atoms with Gasteiger partial charge in [0.15, 0.2) is 5.65 Å². The Labute approximate surface area is 123 Å². The van der Waals surface area contributed by atoms with Crippen LogP contribution >= 0.6 is 11.6 Å². The number of hydrogen-bond acceptors (Lipinski definition) is 3. The average Bonchev–Trinajstić information content (AvgIpc) is 2.85. The molecule has 0 radical (unpaired) electrons. The minimum atomic E-state index is -1.11. The van der Waals surface area contributed by atoms with Gasteiger partial charge in [-0.2, -0.15) is 0 Å². The number of fused-ring (bicyclic) bond motifs is 1. The van der Waals surface area contributed by atoms with Crippen LogP contribution in [0.4, 0.5) is 4.39 Å². The van der Waals surface area contributed by atoms with Gasteiger partial charge in [-0.05, 0) is 17.7 Å². The summed E-state index contributed by atoms with van der Waals surface area (Å²) in [7, 11) is 0. The first-order chi connectivity index (χ1) is 10.1. The van der Waals surface area contributed by atoms with Crippen LogP contribution < -0.4 is 0 Å². The van der Waals surface area contributed by atoms with E-state index >= 15 is 0 Å². The number of carboxylic acid groups (broad SMARTS) is 1. The van der Waals surface area contributed by atoms with Gasteiger partial charge in [0.05, 0.1) is 10.6 Å². The first-order valence-corrected chi connectivity index (χ1v) is 6.44. The largest absolute Gasteiger partial charge is 0.478 e. The minimum Gasteiger partial charge on any atom is -0.478 e. The molecule has 5 nitrogen and oxygen atoms in total. The standard InChI is InChI=1S/C14H9ClFN3O2/c15-10-5-9(14(20)21)7-19-12(17-18-13(10)19)6-8-3-1-2-4-11(8)16/h1-5,7H,6H2,(H,20,21). The molecule has 21 heavy (non-hydrogen) atoms. The zero-order chi connectivity index (χ0) is 15.0. The molecule has 0 aliphatic carbocycles. The molecule has 7 heteroatoms. The normalized spacial score (nSPS) is 11.0. The number of hydrogen-bond donors (Lipinski definition) is 1. The van der Waals surface area contributed by atoms with E-state index in [1.165, 1.54) is 22.7 Å². The summed E-state index contributed by atoms with van der Waals surface area (Å²) in [4.78, 5) is 11.1. The van der Waals surface area contributed by atoms with Crippen LogP contribution in [0.2, 0.25) is 5.02 Å². The fraction of sp³-hybridized carbons (Fsp3) is 0.0714. The van der Waals surface area contributed by atoms with Gasteiger partial charge in [-0.15, -0.1) is 10.2 Å². The molecular formula is C14H9ClFN3O2. The molecule has 0 saturated heterocycles. The second kappa shape index (κ2) is 5.14. The van der Waals surface area contributed by atoms with Gasteiger partial charge in [-0.25, -0.2) is 9.18 Å². The Morgan fingerprint density at radius 2 is 2.10 bits per heavy atom. The van der Waals surface area contributed by atoms with Crippen LogP contribution in [0.15, 0.2) is 36.5 Å². The highest BCUT2D eigenvalue weighted by molar-refractivity contribution is 6.33. The van der Waals surface area contributed by atoms with E-state index in [1.54, 1.807) is 18.2 Å². The number of nitrogens with zero attached hydrogens (tertiary/aromatic N) is 3. The maximum atomic E-state index is 13.7. The fourth-order valence-electron chi connectivity index (χ4n) is 2.05. The Morgan fingerprint density at radius 1 is 1.33 bits per heavy atom. The molecule has 0 unspecified atom stereocenters. The molecule has 0 aliphatic heterocycles. The smallest absolute Gasteiger partial charge is 0.337 e. The number of carboxylic acids is 1. The SMILES string of the molecule is O=C(O)c1cc(Cl)c2nnc(Cc3ccccc3F)n2c1. The van der Waals surface area contributed by atoms with E-state index in [-0.39, 0.29) is 22.8 Å². The van der Waals surface area contributed by atoms with Crippen LogP contribution in [-0.2, 0) is 6.42 Å². The molecule has 0 saturated carbocycles. The van der Waals surface area contributed by atoms with Crippen molar-refractivity contribution in [2.45, 2.75) is 6.42 Å². The lowest BCUT2D eigenvalue weighted by atomic mass is 10.1. The Kier molecular flexibility index (Phi) is 3.31. The van der Waals surface area contributed by atoms with E-state index in [0.717, 1.165) is 0 Å². The molecule has 1 N–H and O–H groups in total. The highest BCUT2D eigenvalue weighted by Gasteiger charge is 2.14. The molecule has 0 bridgehead atoms. The van der Waals surface area contributed by atoms with Crippen LogP contribution in [0.3, 0.4) is 0 Å². The van der Waals surface area contributed by atoms with Crippen LogP contribution in [0, 0.1) is 5.82 Å². The molecule has 3 aromatic rings. The van der Waals surface area contributed by atoms with E-state index in [0.29, 0.717) is 17.0 Å². The minimum absolute atomic E-state index is 0.0158. The lowest BCUT2D eigenvalue weighted by Gasteiger charge is -2.04. The summed E-state index contributed by atoms with van der Waals surface area (Å²) < 4.78 is 15.2. The number of benzene rings is 1. The number of halogens is 2. The van der Waals surface area contributed by atoms with Crippen LogP contribution in [0.1, 0.15) is 21.7 Å². The summed E-state index contributed by atoms with van der Waals surface area (Å²) in [5, 5.41) is 17.1. The zero-order valence-corrected chi connectivity index (χ0v) is 11.4. The molecule has 0 aliphatic rings. The number of aromatic nitrogens is 3. The molecule has 1 aromatic carbocycles. The second-order valence-electron chi connectivity index (χ2n) is 4.46. The molecular weight excluding hydrogens is 297 g/mol. The van der Waals surface area contributed by atoms with Gasteiger partial charge < -0.3 is 5.11 Å². The third-order valence-electron chi connectivity index (χ3n) is 3.08. The van der Waals surface area contributed by atoms with Gasteiger partial charge in [-0.1, -0.05) is 29.8 Å². The first-order valence-electron chi connectivity index (χ1n) is 6.06. The molecule has 0 amide bonds. The maximum absolute atomic E-state index is 13.7. The Balaban J connectivity index is 2.11. The summed E-state index contributed by atoms with van der Waals surface area (Å²) >= 11 is 5.99. The van der Waals surface area contributed by atoms with E-state index < -0.39 is 5.97 Å². The highest BCUT2D eigenvalue weighted by atomic mass is 35.5. The second-order valence-corrected chi connectivity index (χ2v) is 4.87. The first kappa shape index (κ1) is 13.5. The summed E-state index contributed by atoms with van der Waals surface area (Å²) in [5.41, 5.74) is 0.804. The van der Waals surface area contributed by atoms with Crippen LogP contribution in [-0.4, -0.2) is 25.7 Å². The van der Waals surface area contributed by atoms with E-state index in [2.05, 4.69) is 10.2 Å². The van der Waals surface area contributed by atoms with Crippen LogP contribution in [0.5, 0.6) is 0 Å². The average molecular weight is 306 g/mol. The van der Waals surface area contributed by atoms with Gasteiger partial charge in [0.2, 0.25) is 0 Å². The monoisotopic (exact) mass is 305 g/mol. The molecule has 0 fully saturated rings. The van der Waals surface area contributed by atoms with Crippen molar-refractivity contribution in [1.82, 2.24) is 14.6 Å². The summed E-state index contributed by atoms with van der Waals surface area (Å²) in [5.74, 6) is -1.04. The number of pyridine rings is 1.